The molecule has 1 saturated carbocycles. The molecular weight excluding hydrogens is 220 g/mol. The second-order valence-corrected chi connectivity index (χ2v) is 4.06. The van der Waals surface area contributed by atoms with Crippen molar-refractivity contribution in [1.29, 1.82) is 0 Å². The molecule has 1 fully saturated rings. The Hall–Kier alpha value is -2.17. The third-order valence-electron chi connectivity index (χ3n) is 2.79. The molecule has 0 radical (unpaired) electrons. The van der Waals surface area contributed by atoms with E-state index in [4.69, 9.17) is 4.52 Å². The highest BCUT2D eigenvalue weighted by molar-refractivity contribution is 5.95. The van der Waals surface area contributed by atoms with Gasteiger partial charge in [0.2, 0.25) is 0 Å². The molecule has 0 unspecified atom stereocenters. The number of hydrogen-bond donors (Lipinski definition) is 1. The molecule has 0 spiro atoms. The van der Waals surface area contributed by atoms with Gasteiger partial charge in [-0.25, -0.2) is 4.79 Å². The van der Waals surface area contributed by atoms with Crippen molar-refractivity contribution in [2.45, 2.75) is 18.8 Å². The van der Waals surface area contributed by atoms with Gasteiger partial charge in [0.15, 0.2) is 5.76 Å². The van der Waals surface area contributed by atoms with E-state index in [2.05, 4.69) is 10.1 Å². The first kappa shape index (κ1) is 10.0. The number of carbonyl (C=O) groups is 1. The van der Waals surface area contributed by atoms with Gasteiger partial charge >= 0.3 is 5.97 Å². The summed E-state index contributed by atoms with van der Waals surface area (Å²) in [6.07, 6.45) is 3.54. The smallest absolute Gasteiger partial charge is 0.341 e. The Labute approximate surface area is 97.1 Å². The lowest BCUT2D eigenvalue weighted by molar-refractivity contribution is 0.0695. The molecule has 2 aromatic heterocycles. The summed E-state index contributed by atoms with van der Waals surface area (Å²) in [5.74, 6) is -0.307. The zero-order chi connectivity index (χ0) is 11.8. The van der Waals surface area contributed by atoms with Gasteiger partial charge in [-0.2, -0.15) is 0 Å². The van der Waals surface area contributed by atoms with E-state index < -0.39 is 5.97 Å². The third-order valence-corrected chi connectivity index (χ3v) is 2.79. The minimum Gasteiger partial charge on any atom is -0.477 e. The van der Waals surface area contributed by atoms with Crippen LogP contribution < -0.4 is 0 Å². The van der Waals surface area contributed by atoms with Crippen LogP contribution in [0.2, 0.25) is 0 Å². The van der Waals surface area contributed by atoms with Crippen molar-refractivity contribution in [2.75, 3.05) is 0 Å². The molecule has 0 aliphatic heterocycles. The summed E-state index contributed by atoms with van der Waals surface area (Å²) in [6, 6.07) is 5.28. The Morgan fingerprint density at radius 2 is 2.24 bits per heavy atom. The lowest BCUT2D eigenvalue weighted by Crippen LogP contribution is -2.01. The van der Waals surface area contributed by atoms with Crippen LogP contribution in [0.4, 0.5) is 0 Å². The standard InChI is InChI=1S/C12H10N2O3/c15-12(16)9-10(8-3-1-2-6-13-8)14-17-11(9)7-4-5-7/h1-3,6-7H,4-5H2,(H,15,16). The molecule has 5 nitrogen and oxygen atoms in total. The highest BCUT2D eigenvalue weighted by Crippen LogP contribution is 2.43. The van der Waals surface area contributed by atoms with Crippen LogP contribution in [0.5, 0.6) is 0 Å². The molecule has 0 aromatic carbocycles. The van der Waals surface area contributed by atoms with Crippen LogP contribution in [0.15, 0.2) is 28.9 Å². The molecular formula is C12H10N2O3. The van der Waals surface area contributed by atoms with Gasteiger partial charge in [-0.05, 0) is 25.0 Å². The van der Waals surface area contributed by atoms with E-state index in [1.54, 1.807) is 24.4 Å². The molecule has 86 valence electrons. The summed E-state index contributed by atoms with van der Waals surface area (Å²) < 4.78 is 5.16. The molecule has 3 rings (SSSR count). The second-order valence-electron chi connectivity index (χ2n) is 4.06. The maximum absolute atomic E-state index is 11.3. The summed E-state index contributed by atoms with van der Waals surface area (Å²) in [7, 11) is 0. The Balaban J connectivity index is 2.14. The van der Waals surface area contributed by atoms with Crippen molar-refractivity contribution in [3.63, 3.8) is 0 Å². The minimum absolute atomic E-state index is 0.159. The van der Waals surface area contributed by atoms with Crippen molar-refractivity contribution in [2.24, 2.45) is 0 Å². The molecule has 0 saturated heterocycles. The summed E-state index contributed by atoms with van der Waals surface area (Å²) in [4.78, 5) is 15.4. The molecule has 0 amide bonds. The van der Waals surface area contributed by atoms with Gasteiger partial charge in [-0.15, -0.1) is 0 Å². The first-order valence-corrected chi connectivity index (χ1v) is 5.41. The van der Waals surface area contributed by atoms with E-state index >= 15 is 0 Å². The van der Waals surface area contributed by atoms with Crippen LogP contribution in [-0.4, -0.2) is 21.2 Å². The Kier molecular flexibility index (Phi) is 2.18. The van der Waals surface area contributed by atoms with Crippen molar-refractivity contribution >= 4 is 5.97 Å². The van der Waals surface area contributed by atoms with E-state index in [0.29, 0.717) is 17.1 Å². The van der Waals surface area contributed by atoms with Crippen LogP contribution in [0.3, 0.4) is 0 Å². The highest BCUT2D eigenvalue weighted by Gasteiger charge is 2.35. The van der Waals surface area contributed by atoms with Crippen LogP contribution in [0, 0.1) is 0 Å². The average Bonchev–Trinajstić information content (AvgIpc) is 3.08. The minimum atomic E-state index is -1.01. The van der Waals surface area contributed by atoms with Crippen LogP contribution in [0.1, 0.15) is 34.9 Å². The zero-order valence-corrected chi connectivity index (χ0v) is 8.96. The van der Waals surface area contributed by atoms with Gasteiger partial charge in [0, 0.05) is 12.1 Å². The van der Waals surface area contributed by atoms with Gasteiger partial charge < -0.3 is 9.63 Å². The number of carboxylic acids is 1. The summed E-state index contributed by atoms with van der Waals surface area (Å²) in [5.41, 5.74) is 1.01. The molecule has 0 bridgehead atoms. The third kappa shape index (κ3) is 1.69. The lowest BCUT2D eigenvalue weighted by Gasteiger charge is -1.97. The van der Waals surface area contributed by atoms with Gasteiger partial charge in [0.1, 0.15) is 11.3 Å². The van der Waals surface area contributed by atoms with E-state index in [0.717, 1.165) is 12.8 Å². The summed E-state index contributed by atoms with van der Waals surface area (Å²) >= 11 is 0. The van der Waals surface area contributed by atoms with Crippen molar-refractivity contribution in [3.8, 4) is 11.4 Å². The molecule has 0 atom stereocenters. The number of pyridine rings is 1. The van der Waals surface area contributed by atoms with Gasteiger partial charge in [0.05, 0.1) is 5.69 Å². The van der Waals surface area contributed by atoms with Gasteiger partial charge in [0.25, 0.3) is 0 Å². The van der Waals surface area contributed by atoms with Crippen LogP contribution in [0.25, 0.3) is 11.4 Å². The summed E-state index contributed by atoms with van der Waals surface area (Å²) in [6.45, 7) is 0. The molecule has 1 aliphatic rings. The van der Waals surface area contributed by atoms with E-state index in [1.165, 1.54) is 0 Å². The highest BCUT2D eigenvalue weighted by atomic mass is 16.5. The quantitative estimate of drug-likeness (QED) is 0.875. The maximum Gasteiger partial charge on any atom is 0.341 e. The van der Waals surface area contributed by atoms with Crippen LogP contribution in [-0.2, 0) is 0 Å². The fourth-order valence-electron chi connectivity index (χ4n) is 1.81. The fraction of sp³-hybridized carbons (Fsp3) is 0.250. The number of rotatable bonds is 3. The lowest BCUT2D eigenvalue weighted by atomic mass is 10.1. The largest absolute Gasteiger partial charge is 0.477 e. The van der Waals surface area contributed by atoms with E-state index in [-0.39, 0.29) is 11.5 Å². The molecule has 2 aromatic rings. The number of nitrogens with zero attached hydrogens (tertiary/aromatic N) is 2. The Morgan fingerprint density at radius 1 is 1.41 bits per heavy atom. The van der Waals surface area contributed by atoms with Crippen LogP contribution >= 0.6 is 0 Å². The van der Waals surface area contributed by atoms with Gasteiger partial charge in [-0.3, -0.25) is 4.98 Å². The predicted molar refractivity (Wildman–Crippen MR) is 58.7 cm³/mol. The molecule has 1 aliphatic carbocycles. The number of carboxylic acid groups (broad SMARTS) is 1. The Morgan fingerprint density at radius 3 is 2.82 bits per heavy atom. The second kappa shape index (κ2) is 3.69. The maximum atomic E-state index is 11.3. The molecule has 1 N–H and O–H groups in total. The van der Waals surface area contributed by atoms with Crippen molar-refractivity contribution in [1.82, 2.24) is 10.1 Å². The zero-order valence-electron chi connectivity index (χ0n) is 8.96. The number of aromatic nitrogens is 2. The first-order valence-electron chi connectivity index (χ1n) is 5.41. The molecule has 5 heteroatoms. The monoisotopic (exact) mass is 230 g/mol. The summed E-state index contributed by atoms with van der Waals surface area (Å²) in [5, 5.41) is 13.1. The van der Waals surface area contributed by atoms with Gasteiger partial charge in [-0.1, -0.05) is 11.2 Å². The van der Waals surface area contributed by atoms with E-state index in [1.807, 2.05) is 0 Å². The number of aromatic carboxylic acids is 1. The number of hydrogen-bond acceptors (Lipinski definition) is 4. The average molecular weight is 230 g/mol. The fourth-order valence-corrected chi connectivity index (χ4v) is 1.81. The topological polar surface area (TPSA) is 76.2 Å². The molecule has 17 heavy (non-hydrogen) atoms. The van der Waals surface area contributed by atoms with Crippen molar-refractivity contribution in [3.05, 3.63) is 35.7 Å². The SMILES string of the molecule is O=C(O)c1c(-c2ccccn2)noc1C1CC1. The van der Waals surface area contributed by atoms with Crippen molar-refractivity contribution < 1.29 is 14.4 Å². The van der Waals surface area contributed by atoms with E-state index in [9.17, 15) is 9.90 Å². The Bertz CT molecular complexity index is 558. The first-order chi connectivity index (χ1) is 8.27. The normalized spacial score (nSPS) is 14.8. The molecule has 2 heterocycles. The predicted octanol–water partition coefficient (Wildman–Crippen LogP) is 2.31.